The smallest absolute Gasteiger partial charge is 0.321 e. The molecule has 14 heteroatoms. The standard InChI is InChI=1S/C38H52N6O7S/c1-26(2)23-43(52(50,51)31-17-15-29(16-18-31)22-39-49)25-34(46)33(21-28-11-8-7-9-12-28)41-36(47)35(38(4,5)6)44-20-19-42(37(44)48)24-30-13-10-14-32(40-30)27(3)45/h7-18,22,26-27,33-35,45-46,49H,19-21,23-25H2,1-6H3,(H,41,47)/b39-22+/t27?,33-,34+,35+/m0/s1. The van der Waals surface area contributed by atoms with Crippen molar-refractivity contribution >= 4 is 28.2 Å². The lowest BCUT2D eigenvalue weighted by atomic mass is 9.84. The lowest BCUT2D eigenvalue weighted by Crippen LogP contribution is -2.59. The third-order valence-corrected chi connectivity index (χ3v) is 10.7. The number of hydrogen-bond donors (Lipinski definition) is 4. The number of aromatic nitrogens is 1. The summed E-state index contributed by atoms with van der Waals surface area (Å²) in [5.74, 6) is -0.541. The molecule has 3 amide bonds. The first-order valence-electron chi connectivity index (χ1n) is 17.5. The van der Waals surface area contributed by atoms with Crippen LogP contribution < -0.4 is 5.32 Å². The predicted octanol–water partition coefficient (Wildman–Crippen LogP) is 4.03. The highest BCUT2D eigenvalue weighted by molar-refractivity contribution is 7.89. The van der Waals surface area contributed by atoms with E-state index in [1.807, 2.05) is 65.0 Å². The minimum Gasteiger partial charge on any atom is -0.411 e. The molecule has 4 atom stereocenters. The molecular weight excluding hydrogens is 685 g/mol. The van der Waals surface area contributed by atoms with Gasteiger partial charge >= 0.3 is 6.03 Å². The fraction of sp³-hybridized carbons (Fsp3) is 0.474. The molecule has 3 aromatic rings. The number of sulfonamides is 1. The Labute approximate surface area is 307 Å². The van der Waals surface area contributed by atoms with Crippen LogP contribution in [-0.4, -0.2) is 105 Å². The second kappa shape index (κ2) is 17.4. The SMILES string of the molecule is CC(C)CN(C[C@@H](O)[C@H](Cc1ccccc1)NC(=O)[C@@H](N1CCN(Cc2cccc(C(C)O)n2)C1=O)C(C)(C)C)S(=O)(=O)c1ccc(/C=N/O)cc1. The third-order valence-electron chi connectivity index (χ3n) is 8.89. The second-order valence-electron chi connectivity index (χ2n) is 14.8. The van der Waals surface area contributed by atoms with Crippen molar-refractivity contribution in [3.05, 3.63) is 95.3 Å². The van der Waals surface area contributed by atoms with E-state index in [1.165, 1.54) is 34.8 Å². The molecule has 0 spiro atoms. The first-order valence-corrected chi connectivity index (χ1v) is 18.9. The van der Waals surface area contributed by atoms with Gasteiger partial charge in [0.1, 0.15) is 6.04 Å². The Bertz CT molecular complexity index is 1780. The van der Waals surface area contributed by atoms with Crippen molar-refractivity contribution in [2.45, 2.75) is 83.7 Å². The minimum atomic E-state index is -4.08. The van der Waals surface area contributed by atoms with Gasteiger partial charge in [0.05, 0.1) is 47.3 Å². The Morgan fingerprint density at radius 1 is 0.981 bits per heavy atom. The van der Waals surface area contributed by atoms with Crippen LogP contribution in [0.1, 0.15) is 70.2 Å². The van der Waals surface area contributed by atoms with Crippen molar-refractivity contribution in [2.75, 3.05) is 26.2 Å². The Hall–Kier alpha value is -4.37. The molecule has 0 bridgehead atoms. The number of aliphatic hydroxyl groups excluding tert-OH is 2. The summed E-state index contributed by atoms with van der Waals surface area (Å²) in [6.07, 6.45) is -0.677. The fourth-order valence-corrected chi connectivity index (χ4v) is 7.99. The second-order valence-corrected chi connectivity index (χ2v) is 16.7. The van der Waals surface area contributed by atoms with E-state index in [1.54, 1.807) is 34.9 Å². The zero-order valence-corrected chi connectivity index (χ0v) is 31.6. The number of hydrogen-bond acceptors (Lipinski definition) is 9. The van der Waals surface area contributed by atoms with Crippen LogP contribution in [-0.2, 0) is 27.8 Å². The van der Waals surface area contributed by atoms with E-state index in [-0.39, 0.29) is 42.9 Å². The van der Waals surface area contributed by atoms with Crippen LogP contribution in [0.15, 0.2) is 82.8 Å². The Morgan fingerprint density at radius 3 is 2.25 bits per heavy atom. The Balaban J connectivity index is 1.59. The quantitative estimate of drug-likeness (QED) is 0.0969. The van der Waals surface area contributed by atoms with Gasteiger partial charge in [-0.3, -0.25) is 9.78 Å². The van der Waals surface area contributed by atoms with Gasteiger partial charge < -0.3 is 30.5 Å². The summed E-state index contributed by atoms with van der Waals surface area (Å²) < 4.78 is 29.1. The summed E-state index contributed by atoms with van der Waals surface area (Å²) in [4.78, 5) is 35.8. The molecule has 0 radical (unpaired) electrons. The van der Waals surface area contributed by atoms with Crippen LogP contribution in [0.3, 0.4) is 0 Å². The topological polar surface area (TPSA) is 176 Å². The Kier molecular flexibility index (Phi) is 13.5. The van der Waals surface area contributed by atoms with Crippen molar-refractivity contribution in [3.63, 3.8) is 0 Å². The third kappa shape index (κ3) is 10.4. The molecule has 1 aromatic heterocycles. The maximum atomic E-state index is 14.3. The van der Waals surface area contributed by atoms with E-state index in [0.29, 0.717) is 30.0 Å². The summed E-state index contributed by atoms with van der Waals surface area (Å²) in [6, 6.07) is 18.3. The summed E-state index contributed by atoms with van der Waals surface area (Å²) in [6.45, 7) is 11.7. The number of urea groups is 1. The van der Waals surface area contributed by atoms with Gasteiger partial charge in [-0.15, -0.1) is 0 Å². The molecule has 4 rings (SSSR count). The van der Waals surface area contributed by atoms with Crippen molar-refractivity contribution < 1.29 is 33.4 Å². The van der Waals surface area contributed by atoms with Crippen LogP contribution in [0, 0.1) is 11.3 Å². The number of benzene rings is 2. The average Bonchev–Trinajstić information content (AvgIpc) is 3.42. The number of carbonyl (C=O) groups is 2. The summed E-state index contributed by atoms with van der Waals surface area (Å²) in [5.41, 5.74) is 1.75. The van der Waals surface area contributed by atoms with Gasteiger partial charge in [-0.2, -0.15) is 4.31 Å². The summed E-state index contributed by atoms with van der Waals surface area (Å²) >= 11 is 0. The molecule has 0 saturated carbocycles. The van der Waals surface area contributed by atoms with E-state index in [0.717, 1.165) is 5.56 Å². The van der Waals surface area contributed by atoms with E-state index in [2.05, 4.69) is 15.5 Å². The van der Waals surface area contributed by atoms with Crippen molar-refractivity contribution in [2.24, 2.45) is 16.5 Å². The molecule has 1 fully saturated rings. The molecule has 282 valence electrons. The molecule has 13 nitrogen and oxygen atoms in total. The van der Waals surface area contributed by atoms with Crippen molar-refractivity contribution in [1.82, 2.24) is 24.4 Å². The maximum absolute atomic E-state index is 14.3. The van der Waals surface area contributed by atoms with Gasteiger partial charge in [-0.25, -0.2) is 13.2 Å². The summed E-state index contributed by atoms with van der Waals surface area (Å²) in [7, 11) is -4.08. The largest absolute Gasteiger partial charge is 0.411 e. The maximum Gasteiger partial charge on any atom is 0.321 e. The van der Waals surface area contributed by atoms with Gasteiger partial charge in [0.2, 0.25) is 15.9 Å². The minimum absolute atomic E-state index is 0.0109. The van der Waals surface area contributed by atoms with Crippen LogP contribution in [0.2, 0.25) is 0 Å². The molecule has 1 aliphatic heterocycles. The number of carbonyl (C=O) groups excluding carboxylic acids is 2. The fourth-order valence-electron chi connectivity index (χ4n) is 6.37. The number of nitrogens with one attached hydrogen (secondary N) is 1. The van der Waals surface area contributed by atoms with Crippen molar-refractivity contribution in [1.29, 1.82) is 0 Å². The van der Waals surface area contributed by atoms with E-state index >= 15 is 0 Å². The molecule has 2 heterocycles. The normalized spacial score (nSPS) is 16.5. The molecule has 1 saturated heterocycles. The highest BCUT2D eigenvalue weighted by Crippen LogP contribution is 2.29. The first kappa shape index (κ1) is 40.4. The van der Waals surface area contributed by atoms with Crippen molar-refractivity contribution in [3.8, 4) is 0 Å². The van der Waals surface area contributed by atoms with Gasteiger partial charge in [-0.1, -0.05) is 88.3 Å². The van der Waals surface area contributed by atoms with E-state index in [9.17, 15) is 28.2 Å². The lowest BCUT2D eigenvalue weighted by molar-refractivity contribution is -0.130. The zero-order valence-electron chi connectivity index (χ0n) is 30.8. The first-order chi connectivity index (χ1) is 24.5. The van der Waals surface area contributed by atoms with Gasteiger partial charge in [0.25, 0.3) is 0 Å². The highest BCUT2D eigenvalue weighted by atomic mass is 32.2. The van der Waals surface area contributed by atoms with Gasteiger partial charge in [0, 0.05) is 26.2 Å². The molecule has 52 heavy (non-hydrogen) atoms. The predicted molar refractivity (Wildman–Crippen MR) is 198 cm³/mol. The molecular formula is C38H52N6O7S. The van der Waals surface area contributed by atoms with E-state index < -0.39 is 45.6 Å². The molecule has 1 aliphatic rings. The van der Waals surface area contributed by atoms with E-state index in [4.69, 9.17) is 5.21 Å². The van der Waals surface area contributed by atoms with Gasteiger partial charge in [-0.05, 0) is 60.1 Å². The average molecular weight is 737 g/mol. The lowest BCUT2D eigenvalue weighted by Gasteiger charge is -2.38. The molecule has 1 unspecified atom stereocenters. The highest BCUT2D eigenvalue weighted by Gasteiger charge is 2.44. The Morgan fingerprint density at radius 2 is 1.65 bits per heavy atom. The monoisotopic (exact) mass is 736 g/mol. The van der Waals surface area contributed by atoms with Crippen LogP contribution in [0.25, 0.3) is 0 Å². The van der Waals surface area contributed by atoms with Crippen LogP contribution in [0.4, 0.5) is 4.79 Å². The number of amides is 3. The number of oxime groups is 1. The van der Waals surface area contributed by atoms with Gasteiger partial charge in [0.15, 0.2) is 0 Å². The summed E-state index contributed by atoms with van der Waals surface area (Å²) in [5, 5.41) is 36.7. The molecule has 2 aromatic carbocycles. The number of pyridine rings is 1. The number of aliphatic hydroxyl groups is 2. The molecule has 0 aliphatic carbocycles. The number of rotatable bonds is 16. The molecule has 4 N–H and O–H groups in total. The van der Waals surface area contributed by atoms with Crippen LogP contribution in [0.5, 0.6) is 0 Å². The van der Waals surface area contributed by atoms with Crippen LogP contribution >= 0.6 is 0 Å². The zero-order chi connectivity index (χ0) is 38.2. The number of nitrogens with zero attached hydrogens (tertiary/aromatic N) is 5.